The van der Waals surface area contributed by atoms with E-state index in [1.807, 2.05) is 0 Å². The van der Waals surface area contributed by atoms with Crippen LogP contribution in [0.15, 0.2) is 5.10 Å². The summed E-state index contributed by atoms with van der Waals surface area (Å²) >= 11 is 4.76. The molecule has 0 spiro atoms. The average molecular weight is 158 g/mol. The van der Waals surface area contributed by atoms with Crippen LogP contribution in [0.5, 0.6) is 0 Å². The summed E-state index contributed by atoms with van der Waals surface area (Å²) in [7, 11) is 0. The molecule has 0 aromatic rings. The monoisotopic (exact) mass is 158 g/mol. The second kappa shape index (κ2) is 2.74. The Labute approximate surface area is 62.9 Å². The molecule has 0 saturated carbocycles. The molecule has 0 fully saturated rings. The summed E-state index contributed by atoms with van der Waals surface area (Å²) < 4.78 is 0. The number of nitrogens with one attached hydrogen (secondary N) is 1. The van der Waals surface area contributed by atoms with Gasteiger partial charge >= 0.3 is 5.97 Å². The van der Waals surface area contributed by atoms with Gasteiger partial charge in [0.1, 0.15) is 4.99 Å². The third kappa shape index (κ3) is 1.51. The lowest BCUT2D eigenvalue weighted by molar-refractivity contribution is -0.137. The first-order chi connectivity index (χ1) is 4.70. The van der Waals surface area contributed by atoms with Crippen molar-refractivity contribution >= 4 is 29.4 Å². The van der Waals surface area contributed by atoms with E-state index in [2.05, 4.69) is 10.5 Å². The molecule has 1 atom stereocenters. The Hall–Kier alpha value is -0.970. The summed E-state index contributed by atoms with van der Waals surface area (Å²) in [6, 6.07) is 0. The number of carboxylic acid groups (broad SMARTS) is 1. The molecule has 10 heavy (non-hydrogen) atoms. The van der Waals surface area contributed by atoms with Gasteiger partial charge in [0.15, 0.2) is 0 Å². The van der Waals surface area contributed by atoms with Crippen molar-refractivity contribution in [3.05, 3.63) is 0 Å². The third-order valence-corrected chi connectivity index (χ3v) is 1.55. The lowest BCUT2D eigenvalue weighted by atomic mass is 10.1. The summed E-state index contributed by atoms with van der Waals surface area (Å²) in [5.41, 5.74) is 2.51. The van der Waals surface area contributed by atoms with Crippen LogP contribution in [0.4, 0.5) is 0 Å². The van der Waals surface area contributed by atoms with Crippen LogP contribution < -0.4 is 5.43 Å². The van der Waals surface area contributed by atoms with E-state index in [0.717, 1.165) is 0 Å². The highest BCUT2D eigenvalue weighted by atomic mass is 32.1. The molecule has 5 heteroatoms. The largest absolute Gasteiger partial charge is 0.481 e. The quantitative estimate of drug-likeness (QED) is 0.555. The molecular weight excluding hydrogens is 152 g/mol. The maximum absolute atomic E-state index is 10.2. The second-order valence-electron chi connectivity index (χ2n) is 1.96. The van der Waals surface area contributed by atoms with E-state index in [9.17, 15) is 4.79 Å². The Bertz CT molecular complexity index is 202. The molecule has 0 aromatic carbocycles. The van der Waals surface area contributed by atoms with Gasteiger partial charge < -0.3 is 5.11 Å². The fraction of sp³-hybridized carbons (Fsp3) is 0.400. The number of thiocarbonyl (C=S) groups is 1. The Morgan fingerprint density at radius 1 is 2.00 bits per heavy atom. The Balaban J connectivity index is 2.48. The maximum atomic E-state index is 10.2. The summed E-state index contributed by atoms with van der Waals surface area (Å²) in [4.78, 5) is 10.6. The lowest BCUT2D eigenvalue weighted by Crippen LogP contribution is -2.20. The number of carboxylic acids is 1. The zero-order valence-electron chi connectivity index (χ0n) is 5.07. The number of hydrazone groups is 1. The summed E-state index contributed by atoms with van der Waals surface area (Å²) in [5.74, 6) is -1.07. The zero-order valence-corrected chi connectivity index (χ0v) is 5.89. The van der Waals surface area contributed by atoms with Crippen LogP contribution in [-0.2, 0) is 4.79 Å². The molecule has 0 saturated heterocycles. The molecule has 1 aliphatic rings. The topological polar surface area (TPSA) is 61.7 Å². The van der Waals surface area contributed by atoms with Crippen LogP contribution >= 0.6 is 12.2 Å². The van der Waals surface area contributed by atoms with Crippen LogP contribution in [-0.4, -0.2) is 22.3 Å². The highest BCUT2D eigenvalue weighted by Gasteiger charge is 2.19. The number of hydrogen-bond acceptors (Lipinski definition) is 3. The minimum Gasteiger partial charge on any atom is -0.481 e. The van der Waals surface area contributed by atoms with E-state index in [1.54, 1.807) is 0 Å². The molecule has 54 valence electrons. The van der Waals surface area contributed by atoms with Crippen molar-refractivity contribution in [1.29, 1.82) is 0 Å². The highest BCUT2D eigenvalue weighted by molar-refractivity contribution is 7.80. The number of nitrogens with zero attached hydrogens (tertiary/aromatic N) is 1. The lowest BCUT2D eigenvalue weighted by Gasteiger charge is -2.00. The Morgan fingerprint density at radius 3 is 3.10 bits per heavy atom. The molecule has 4 nitrogen and oxygen atoms in total. The first-order valence-electron chi connectivity index (χ1n) is 2.75. The standard InChI is InChI=1S/C5H6N2O2S/c8-4(9)1-3-2-6-7-5(3)10/h2-3H,1H2,(H,7,10)(H,8,9). The summed E-state index contributed by atoms with van der Waals surface area (Å²) in [5, 5.41) is 12.0. The van der Waals surface area contributed by atoms with Gasteiger partial charge in [0.05, 0.1) is 12.3 Å². The predicted molar refractivity (Wildman–Crippen MR) is 40.0 cm³/mol. The minimum atomic E-state index is -0.859. The average Bonchev–Trinajstić information content (AvgIpc) is 2.15. The normalized spacial score (nSPS) is 22.8. The van der Waals surface area contributed by atoms with Crippen LogP contribution in [0, 0.1) is 5.92 Å². The number of aliphatic carboxylic acids is 1. The van der Waals surface area contributed by atoms with Crippen LogP contribution in [0.3, 0.4) is 0 Å². The fourth-order valence-corrected chi connectivity index (χ4v) is 0.872. The SMILES string of the molecule is O=C(O)CC1C=NNC1=S. The van der Waals surface area contributed by atoms with Gasteiger partial charge in [-0.1, -0.05) is 12.2 Å². The van der Waals surface area contributed by atoms with Gasteiger partial charge in [0.25, 0.3) is 0 Å². The molecule has 1 rings (SSSR count). The highest BCUT2D eigenvalue weighted by Crippen LogP contribution is 2.05. The van der Waals surface area contributed by atoms with E-state index < -0.39 is 5.97 Å². The molecule has 2 N–H and O–H groups in total. The van der Waals surface area contributed by atoms with Gasteiger partial charge in [-0.15, -0.1) is 0 Å². The van der Waals surface area contributed by atoms with Gasteiger partial charge in [0, 0.05) is 6.21 Å². The van der Waals surface area contributed by atoms with Crippen molar-refractivity contribution in [2.45, 2.75) is 6.42 Å². The maximum Gasteiger partial charge on any atom is 0.304 e. The summed E-state index contributed by atoms with van der Waals surface area (Å²) in [6.45, 7) is 0. The molecular formula is C5H6N2O2S. The van der Waals surface area contributed by atoms with E-state index in [4.69, 9.17) is 17.3 Å². The molecule has 0 radical (unpaired) electrons. The van der Waals surface area contributed by atoms with E-state index in [0.29, 0.717) is 4.99 Å². The number of rotatable bonds is 2. The molecule has 1 unspecified atom stereocenters. The van der Waals surface area contributed by atoms with Crippen molar-refractivity contribution in [3.8, 4) is 0 Å². The van der Waals surface area contributed by atoms with Gasteiger partial charge in [-0.2, -0.15) is 5.10 Å². The molecule has 1 heterocycles. The molecule has 1 aliphatic heterocycles. The first kappa shape index (κ1) is 7.14. The minimum absolute atomic E-state index is 0.0231. The fourth-order valence-electron chi connectivity index (χ4n) is 0.675. The second-order valence-corrected chi connectivity index (χ2v) is 2.40. The first-order valence-corrected chi connectivity index (χ1v) is 3.16. The third-order valence-electron chi connectivity index (χ3n) is 1.16. The van der Waals surface area contributed by atoms with Crippen molar-refractivity contribution in [1.82, 2.24) is 5.43 Å². The zero-order chi connectivity index (χ0) is 7.56. The van der Waals surface area contributed by atoms with Crippen LogP contribution in [0.25, 0.3) is 0 Å². The van der Waals surface area contributed by atoms with Crippen molar-refractivity contribution < 1.29 is 9.90 Å². The molecule has 0 bridgehead atoms. The van der Waals surface area contributed by atoms with Gasteiger partial charge in [0.2, 0.25) is 0 Å². The Morgan fingerprint density at radius 2 is 2.70 bits per heavy atom. The molecule has 0 aromatic heterocycles. The van der Waals surface area contributed by atoms with Gasteiger partial charge in [-0.05, 0) is 0 Å². The van der Waals surface area contributed by atoms with Crippen molar-refractivity contribution in [3.63, 3.8) is 0 Å². The van der Waals surface area contributed by atoms with E-state index in [-0.39, 0.29) is 12.3 Å². The predicted octanol–water partition coefficient (Wildman–Crippen LogP) is -0.00630. The smallest absolute Gasteiger partial charge is 0.304 e. The van der Waals surface area contributed by atoms with Crippen LogP contribution in [0.1, 0.15) is 6.42 Å². The van der Waals surface area contributed by atoms with E-state index in [1.165, 1.54) is 6.21 Å². The summed E-state index contributed by atoms with van der Waals surface area (Å²) in [6.07, 6.45) is 1.53. The molecule has 0 amide bonds. The van der Waals surface area contributed by atoms with E-state index >= 15 is 0 Å². The number of hydrogen-bond donors (Lipinski definition) is 2. The van der Waals surface area contributed by atoms with Crippen LogP contribution in [0.2, 0.25) is 0 Å². The van der Waals surface area contributed by atoms with Crippen molar-refractivity contribution in [2.24, 2.45) is 11.0 Å². The van der Waals surface area contributed by atoms with Crippen molar-refractivity contribution in [2.75, 3.05) is 0 Å². The number of carbonyl (C=O) groups is 1. The molecule has 0 aliphatic carbocycles. The van der Waals surface area contributed by atoms with Gasteiger partial charge in [-0.25, -0.2) is 0 Å². The Kier molecular flexibility index (Phi) is 1.96. The van der Waals surface area contributed by atoms with Gasteiger partial charge in [-0.3, -0.25) is 10.2 Å².